The summed E-state index contributed by atoms with van der Waals surface area (Å²) in [6.07, 6.45) is 5.23. The maximum atomic E-state index is 12.6. The molecule has 1 unspecified atom stereocenters. The van der Waals surface area contributed by atoms with Gasteiger partial charge in [0.15, 0.2) is 0 Å². The van der Waals surface area contributed by atoms with Gasteiger partial charge in [-0.05, 0) is 12.8 Å². The summed E-state index contributed by atoms with van der Waals surface area (Å²) in [7, 11) is 0. The summed E-state index contributed by atoms with van der Waals surface area (Å²) in [5.74, 6) is -0.0451. The van der Waals surface area contributed by atoms with E-state index in [-0.39, 0.29) is 23.6 Å². The molecular formula is C15H23N3O3. The fourth-order valence-corrected chi connectivity index (χ4v) is 3.71. The van der Waals surface area contributed by atoms with Crippen LogP contribution in [0.4, 0.5) is 0 Å². The molecule has 0 radical (unpaired) electrons. The molecule has 116 valence electrons. The van der Waals surface area contributed by atoms with E-state index < -0.39 is 0 Å². The first-order valence-corrected chi connectivity index (χ1v) is 8.00. The molecule has 2 aliphatic heterocycles. The standard InChI is InChI=1S/C15H23N3O3/c19-13-5-7-17(8-6-16-13)15(21)11-9-14(20)18(10-11)12-3-1-2-4-12/h11-12H,1-10H2,(H,16,19). The largest absolute Gasteiger partial charge is 0.354 e. The van der Waals surface area contributed by atoms with E-state index in [2.05, 4.69) is 5.32 Å². The molecule has 3 amide bonds. The molecule has 0 aromatic carbocycles. The van der Waals surface area contributed by atoms with Crippen LogP contribution in [0.5, 0.6) is 0 Å². The Morgan fingerprint density at radius 2 is 1.90 bits per heavy atom. The molecule has 1 saturated carbocycles. The summed E-state index contributed by atoms with van der Waals surface area (Å²) in [6.45, 7) is 2.11. The number of nitrogens with one attached hydrogen (secondary N) is 1. The molecule has 3 rings (SSSR count). The van der Waals surface area contributed by atoms with E-state index in [4.69, 9.17) is 0 Å². The van der Waals surface area contributed by atoms with Crippen molar-refractivity contribution in [1.29, 1.82) is 0 Å². The lowest BCUT2D eigenvalue weighted by Gasteiger charge is -2.26. The molecule has 3 fully saturated rings. The monoisotopic (exact) mass is 293 g/mol. The fourth-order valence-electron chi connectivity index (χ4n) is 3.71. The summed E-state index contributed by atoms with van der Waals surface area (Å²) in [4.78, 5) is 39.8. The van der Waals surface area contributed by atoms with Crippen LogP contribution in [-0.2, 0) is 14.4 Å². The maximum absolute atomic E-state index is 12.6. The van der Waals surface area contributed by atoms with Crippen molar-refractivity contribution in [3.05, 3.63) is 0 Å². The van der Waals surface area contributed by atoms with Gasteiger partial charge in [-0.3, -0.25) is 14.4 Å². The average molecular weight is 293 g/mol. The first-order valence-electron chi connectivity index (χ1n) is 8.00. The molecular weight excluding hydrogens is 270 g/mol. The van der Waals surface area contributed by atoms with Gasteiger partial charge in [-0.25, -0.2) is 0 Å². The van der Waals surface area contributed by atoms with Gasteiger partial charge in [0.1, 0.15) is 0 Å². The third-order valence-electron chi connectivity index (χ3n) is 4.90. The Hall–Kier alpha value is -1.59. The van der Waals surface area contributed by atoms with E-state index in [0.29, 0.717) is 45.1 Å². The van der Waals surface area contributed by atoms with Crippen LogP contribution in [-0.4, -0.2) is 59.7 Å². The molecule has 0 aromatic rings. The highest BCUT2D eigenvalue weighted by Gasteiger charge is 2.40. The van der Waals surface area contributed by atoms with Gasteiger partial charge < -0.3 is 15.1 Å². The molecule has 6 nitrogen and oxygen atoms in total. The predicted octanol–water partition coefficient (Wildman–Crippen LogP) is 0.126. The lowest BCUT2D eigenvalue weighted by atomic mass is 10.1. The van der Waals surface area contributed by atoms with E-state index in [1.807, 2.05) is 4.90 Å². The van der Waals surface area contributed by atoms with Crippen molar-refractivity contribution in [3.63, 3.8) is 0 Å². The summed E-state index contributed by atoms with van der Waals surface area (Å²) >= 11 is 0. The SMILES string of the molecule is O=C1CCN(C(=O)C2CC(=O)N(C3CCCC3)C2)CCN1. The minimum atomic E-state index is -0.216. The van der Waals surface area contributed by atoms with Crippen LogP contribution in [0.1, 0.15) is 38.5 Å². The van der Waals surface area contributed by atoms with E-state index in [1.165, 1.54) is 12.8 Å². The van der Waals surface area contributed by atoms with E-state index in [1.54, 1.807) is 4.90 Å². The second kappa shape index (κ2) is 6.03. The fraction of sp³-hybridized carbons (Fsp3) is 0.800. The smallest absolute Gasteiger partial charge is 0.228 e. The molecule has 0 spiro atoms. The van der Waals surface area contributed by atoms with E-state index in [9.17, 15) is 14.4 Å². The van der Waals surface area contributed by atoms with Crippen LogP contribution in [0.2, 0.25) is 0 Å². The van der Waals surface area contributed by atoms with Crippen LogP contribution in [0.15, 0.2) is 0 Å². The molecule has 21 heavy (non-hydrogen) atoms. The summed E-state index contributed by atoms with van der Waals surface area (Å²) in [5.41, 5.74) is 0. The zero-order chi connectivity index (χ0) is 14.8. The Morgan fingerprint density at radius 1 is 1.14 bits per heavy atom. The van der Waals surface area contributed by atoms with Crippen LogP contribution in [0.3, 0.4) is 0 Å². The number of nitrogens with zero attached hydrogens (tertiary/aromatic N) is 2. The highest BCUT2D eigenvalue weighted by molar-refractivity contribution is 5.90. The Balaban J connectivity index is 1.60. The lowest BCUT2D eigenvalue weighted by molar-refractivity contribution is -0.135. The topological polar surface area (TPSA) is 69.7 Å². The van der Waals surface area contributed by atoms with Crippen LogP contribution in [0.25, 0.3) is 0 Å². The molecule has 3 aliphatic rings. The first kappa shape index (κ1) is 14.4. The minimum absolute atomic E-state index is 0.000352. The highest BCUT2D eigenvalue weighted by Crippen LogP contribution is 2.30. The van der Waals surface area contributed by atoms with Gasteiger partial charge in [0, 0.05) is 45.1 Å². The van der Waals surface area contributed by atoms with Gasteiger partial charge in [0.25, 0.3) is 0 Å². The normalized spacial score (nSPS) is 27.9. The van der Waals surface area contributed by atoms with Gasteiger partial charge in [-0.15, -0.1) is 0 Å². The lowest BCUT2D eigenvalue weighted by Crippen LogP contribution is -2.40. The number of likely N-dealkylation sites (tertiary alicyclic amines) is 1. The summed E-state index contributed by atoms with van der Waals surface area (Å²) in [6, 6.07) is 0.350. The van der Waals surface area contributed by atoms with Crippen molar-refractivity contribution in [3.8, 4) is 0 Å². The highest BCUT2D eigenvalue weighted by atomic mass is 16.2. The van der Waals surface area contributed by atoms with Crippen molar-refractivity contribution < 1.29 is 14.4 Å². The molecule has 2 heterocycles. The van der Waals surface area contributed by atoms with Gasteiger partial charge in [0.05, 0.1) is 5.92 Å². The van der Waals surface area contributed by atoms with Gasteiger partial charge in [-0.1, -0.05) is 12.8 Å². The minimum Gasteiger partial charge on any atom is -0.354 e. The number of carbonyl (C=O) groups is 3. The quantitative estimate of drug-likeness (QED) is 0.786. The van der Waals surface area contributed by atoms with Crippen molar-refractivity contribution in [2.45, 2.75) is 44.6 Å². The zero-order valence-corrected chi connectivity index (χ0v) is 12.3. The first-order chi connectivity index (χ1) is 10.1. The Morgan fingerprint density at radius 3 is 2.67 bits per heavy atom. The average Bonchev–Trinajstić information content (AvgIpc) is 3.06. The molecule has 1 N–H and O–H groups in total. The van der Waals surface area contributed by atoms with Crippen molar-refractivity contribution in [1.82, 2.24) is 15.1 Å². The molecule has 2 saturated heterocycles. The van der Waals surface area contributed by atoms with E-state index in [0.717, 1.165) is 12.8 Å². The van der Waals surface area contributed by atoms with Crippen molar-refractivity contribution in [2.24, 2.45) is 5.92 Å². The molecule has 0 aromatic heterocycles. The Bertz CT molecular complexity index is 445. The second-order valence-corrected chi connectivity index (χ2v) is 6.31. The van der Waals surface area contributed by atoms with Crippen LogP contribution >= 0.6 is 0 Å². The van der Waals surface area contributed by atoms with Gasteiger partial charge in [-0.2, -0.15) is 0 Å². The number of hydrogen-bond acceptors (Lipinski definition) is 3. The molecule has 6 heteroatoms. The van der Waals surface area contributed by atoms with Gasteiger partial charge in [0.2, 0.25) is 17.7 Å². The van der Waals surface area contributed by atoms with Crippen molar-refractivity contribution in [2.75, 3.05) is 26.2 Å². The third kappa shape index (κ3) is 3.04. The van der Waals surface area contributed by atoms with Crippen LogP contribution in [0, 0.1) is 5.92 Å². The van der Waals surface area contributed by atoms with E-state index >= 15 is 0 Å². The predicted molar refractivity (Wildman–Crippen MR) is 76.3 cm³/mol. The number of rotatable bonds is 2. The van der Waals surface area contributed by atoms with Crippen LogP contribution < -0.4 is 5.32 Å². The maximum Gasteiger partial charge on any atom is 0.228 e. The molecule has 0 bridgehead atoms. The third-order valence-corrected chi connectivity index (χ3v) is 4.90. The number of carbonyl (C=O) groups excluding carboxylic acids is 3. The second-order valence-electron chi connectivity index (χ2n) is 6.31. The Labute approximate surface area is 124 Å². The zero-order valence-electron chi connectivity index (χ0n) is 12.3. The number of hydrogen-bond donors (Lipinski definition) is 1. The summed E-state index contributed by atoms with van der Waals surface area (Å²) in [5, 5.41) is 2.77. The summed E-state index contributed by atoms with van der Waals surface area (Å²) < 4.78 is 0. The van der Waals surface area contributed by atoms with Gasteiger partial charge >= 0.3 is 0 Å². The number of amides is 3. The van der Waals surface area contributed by atoms with Crippen molar-refractivity contribution >= 4 is 17.7 Å². The Kier molecular flexibility index (Phi) is 4.12. The molecule has 1 atom stereocenters. The molecule has 1 aliphatic carbocycles.